The van der Waals surface area contributed by atoms with Crippen LogP contribution in [0.3, 0.4) is 0 Å². The Hall–Kier alpha value is -3.41. The molecule has 0 aliphatic carbocycles. The molecule has 0 atom stereocenters. The molecule has 0 bridgehead atoms. The summed E-state index contributed by atoms with van der Waals surface area (Å²) in [6.07, 6.45) is 0.534. The molecule has 0 radical (unpaired) electrons. The highest BCUT2D eigenvalue weighted by atomic mass is 35.5. The van der Waals surface area contributed by atoms with Crippen LogP contribution >= 0.6 is 11.6 Å². The molecule has 5 rings (SSSR count). The van der Waals surface area contributed by atoms with Gasteiger partial charge in [0.05, 0.1) is 16.3 Å². The van der Waals surface area contributed by atoms with Crippen molar-refractivity contribution in [1.29, 1.82) is 0 Å². The van der Waals surface area contributed by atoms with Crippen LogP contribution in [0.25, 0.3) is 0 Å². The molecule has 39 heavy (non-hydrogen) atoms. The summed E-state index contributed by atoms with van der Waals surface area (Å²) in [6.45, 7) is 6.54. The minimum Gasteiger partial charge on any atom is -0.328 e. The summed E-state index contributed by atoms with van der Waals surface area (Å²) in [5.74, 6) is 0.110. The molecule has 2 aliphatic heterocycles. The maximum Gasteiger partial charge on any atom is 0.286 e. The van der Waals surface area contributed by atoms with Gasteiger partial charge >= 0.3 is 0 Å². The van der Waals surface area contributed by atoms with Gasteiger partial charge in [0.15, 0.2) is 0 Å². The highest BCUT2D eigenvalue weighted by Crippen LogP contribution is 2.36. The first-order chi connectivity index (χ1) is 18.4. The molecule has 0 aromatic heterocycles. The number of benzene rings is 3. The van der Waals surface area contributed by atoms with Crippen LogP contribution in [0, 0.1) is 5.92 Å². The van der Waals surface area contributed by atoms with Gasteiger partial charge in [-0.05, 0) is 79.4 Å². The molecule has 3 aromatic rings. The van der Waals surface area contributed by atoms with Gasteiger partial charge in [-0.15, -0.1) is 4.40 Å². The number of amides is 1. The maximum atomic E-state index is 13.3. The predicted molar refractivity (Wildman–Crippen MR) is 153 cm³/mol. The quantitative estimate of drug-likeness (QED) is 0.438. The van der Waals surface area contributed by atoms with Crippen molar-refractivity contribution in [2.24, 2.45) is 10.3 Å². The van der Waals surface area contributed by atoms with Crippen molar-refractivity contribution < 1.29 is 21.6 Å². The minimum absolute atomic E-state index is 0.0319. The Labute approximate surface area is 233 Å². The van der Waals surface area contributed by atoms with Crippen LogP contribution in [0.1, 0.15) is 36.7 Å². The number of halogens is 1. The predicted octanol–water partition coefficient (Wildman–Crippen LogP) is 4.93. The lowest BCUT2D eigenvalue weighted by Crippen LogP contribution is -2.36. The zero-order valence-electron chi connectivity index (χ0n) is 21.5. The summed E-state index contributed by atoms with van der Waals surface area (Å²) in [5.41, 5.74) is 2.32. The van der Waals surface area contributed by atoms with Gasteiger partial charge < -0.3 is 10.2 Å². The second kappa shape index (κ2) is 9.96. The number of nitrogens with one attached hydrogen (secondary N) is 1. The van der Waals surface area contributed by atoms with Crippen LogP contribution in [-0.4, -0.2) is 41.7 Å². The minimum atomic E-state index is -3.96. The Kier molecular flexibility index (Phi) is 6.94. The number of anilines is 3. The van der Waals surface area contributed by atoms with Gasteiger partial charge in [0.25, 0.3) is 26.0 Å². The second-order valence-corrected chi connectivity index (χ2v) is 13.8. The zero-order valence-corrected chi connectivity index (χ0v) is 23.9. The third-order valence-electron chi connectivity index (χ3n) is 6.58. The summed E-state index contributed by atoms with van der Waals surface area (Å²) in [4.78, 5) is 15.1. The normalized spacial score (nSPS) is 16.1. The lowest BCUT2D eigenvalue weighted by atomic mass is 10.1. The largest absolute Gasteiger partial charge is 0.328 e. The number of nitrogens with zero attached hydrogens (tertiary/aromatic N) is 3. The van der Waals surface area contributed by atoms with Gasteiger partial charge in [0.2, 0.25) is 0 Å². The molecule has 0 spiro atoms. The highest BCUT2D eigenvalue weighted by Gasteiger charge is 2.32. The van der Waals surface area contributed by atoms with Crippen molar-refractivity contribution in [3.05, 3.63) is 76.8 Å². The Morgan fingerprint density at radius 3 is 2.46 bits per heavy atom. The Bertz CT molecular complexity index is 1720. The molecular formula is C27H27ClN4O5S2. The standard InChI is InChI=1S/C27H27ClN4O5S2/c1-17(2)16-31-18(3)30-38(34,35)26-14-20(5-11-24(26)31)27(33)29-22-8-4-19-12-13-32(25(19)15-22)39(36,37)23-9-6-21(28)7-10-23/h4-11,14-15,17H,12-13,16H2,1-3H3,(H,29,33). The van der Waals surface area contributed by atoms with E-state index in [0.717, 1.165) is 5.56 Å². The molecule has 0 unspecified atom stereocenters. The number of sulfonamides is 2. The topological polar surface area (TPSA) is 116 Å². The van der Waals surface area contributed by atoms with Crippen molar-refractivity contribution >= 4 is 60.5 Å². The first-order valence-corrected chi connectivity index (χ1v) is 15.6. The van der Waals surface area contributed by atoms with Gasteiger partial charge in [-0.25, -0.2) is 8.42 Å². The maximum absolute atomic E-state index is 13.3. The molecule has 1 amide bonds. The van der Waals surface area contributed by atoms with E-state index < -0.39 is 26.0 Å². The number of fused-ring (bicyclic) bond motifs is 2. The van der Waals surface area contributed by atoms with E-state index in [1.165, 1.54) is 34.6 Å². The number of carbonyl (C=O) groups is 1. The molecule has 2 aliphatic rings. The molecule has 0 saturated carbocycles. The van der Waals surface area contributed by atoms with E-state index in [1.807, 2.05) is 18.7 Å². The van der Waals surface area contributed by atoms with Crippen molar-refractivity contribution in [2.75, 3.05) is 27.6 Å². The van der Waals surface area contributed by atoms with Crippen molar-refractivity contribution in [2.45, 2.75) is 37.0 Å². The fraction of sp³-hybridized carbons (Fsp3) is 0.259. The van der Waals surface area contributed by atoms with Gasteiger partial charge in [-0.1, -0.05) is 31.5 Å². The van der Waals surface area contributed by atoms with E-state index in [4.69, 9.17) is 11.6 Å². The number of carbonyl (C=O) groups excluding carboxylic acids is 1. The van der Waals surface area contributed by atoms with Gasteiger partial charge in [-0.3, -0.25) is 9.10 Å². The summed E-state index contributed by atoms with van der Waals surface area (Å²) in [5, 5.41) is 3.21. The summed E-state index contributed by atoms with van der Waals surface area (Å²) in [6, 6.07) is 15.6. The lowest BCUT2D eigenvalue weighted by molar-refractivity contribution is 0.102. The van der Waals surface area contributed by atoms with Gasteiger partial charge in [0, 0.05) is 29.4 Å². The highest BCUT2D eigenvalue weighted by molar-refractivity contribution is 7.92. The van der Waals surface area contributed by atoms with Crippen LogP contribution in [0.5, 0.6) is 0 Å². The first-order valence-electron chi connectivity index (χ1n) is 12.3. The molecule has 204 valence electrons. The Balaban J connectivity index is 1.42. The van der Waals surface area contributed by atoms with E-state index in [2.05, 4.69) is 9.71 Å². The van der Waals surface area contributed by atoms with Crippen LogP contribution < -0.4 is 14.5 Å². The van der Waals surface area contributed by atoms with E-state index >= 15 is 0 Å². The molecule has 3 aromatic carbocycles. The Morgan fingerprint density at radius 2 is 1.77 bits per heavy atom. The van der Waals surface area contributed by atoms with E-state index in [1.54, 1.807) is 37.3 Å². The van der Waals surface area contributed by atoms with Crippen molar-refractivity contribution in [3.8, 4) is 0 Å². The monoisotopic (exact) mass is 586 g/mol. The van der Waals surface area contributed by atoms with E-state index in [-0.39, 0.29) is 27.8 Å². The average molecular weight is 587 g/mol. The van der Waals surface area contributed by atoms with Crippen molar-refractivity contribution in [1.82, 2.24) is 0 Å². The number of hydrogen-bond donors (Lipinski definition) is 1. The SMILES string of the molecule is CC1=NS(=O)(=O)c2cc(C(=O)Nc3ccc4c(c3)N(S(=O)(=O)c3ccc(Cl)cc3)CC4)ccc2N1CC(C)C. The number of rotatable bonds is 6. The molecule has 2 heterocycles. The molecule has 0 saturated heterocycles. The number of hydrogen-bond acceptors (Lipinski definition) is 6. The lowest BCUT2D eigenvalue weighted by Gasteiger charge is -2.30. The smallest absolute Gasteiger partial charge is 0.286 e. The van der Waals surface area contributed by atoms with Crippen molar-refractivity contribution in [3.63, 3.8) is 0 Å². The summed E-state index contributed by atoms with van der Waals surface area (Å²) < 4.78 is 57.5. The van der Waals surface area contributed by atoms with Crippen LogP contribution in [0.15, 0.2) is 74.9 Å². The summed E-state index contributed by atoms with van der Waals surface area (Å²) in [7, 11) is -7.79. The fourth-order valence-electron chi connectivity index (χ4n) is 4.74. The third kappa shape index (κ3) is 5.13. The molecule has 12 heteroatoms. The van der Waals surface area contributed by atoms with Gasteiger partial charge in [-0.2, -0.15) is 8.42 Å². The van der Waals surface area contributed by atoms with E-state index in [9.17, 15) is 21.6 Å². The molecule has 9 nitrogen and oxygen atoms in total. The van der Waals surface area contributed by atoms with Gasteiger partial charge in [0.1, 0.15) is 10.7 Å². The second-order valence-electron chi connectivity index (χ2n) is 9.88. The molecule has 0 fully saturated rings. The number of amidine groups is 1. The molecular weight excluding hydrogens is 560 g/mol. The van der Waals surface area contributed by atoms with E-state index in [0.29, 0.717) is 40.9 Å². The first kappa shape index (κ1) is 27.2. The zero-order chi connectivity index (χ0) is 28.1. The third-order valence-corrected chi connectivity index (χ3v) is 10.0. The van der Waals surface area contributed by atoms with Crippen LogP contribution in [0.4, 0.5) is 17.1 Å². The fourth-order valence-corrected chi connectivity index (χ4v) is 7.63. The Morgan fingerprint density at radius 1 is 1.05 bits per heavy atom. The summed E-state index contributed by atoms with van der Waals surface area (Å²) >= 11 is 5.92. The average Bonchev–Trinajstić information content (AvgIpc) is 3.30. The van der Waals surface area contributed by atoms with Crippen LogP contribution in [-0.2, 0) is 26.5 Å². The van der Waals surface area contributed by atoms with Crippen LogP contribution in [0.2, 0.25) is 5.02 Å². The molecule has 1 N–H and O–H groups in total.